The molecule has 32 heavy (non-hydrogen) atoms. The number of likely N-dealkylation sites (tertiary alicyclic amines) is 1. The number of amides is 3. The van der Waals surface area contributed by atoms with Crippen LogP contribution in [0.2, 0.25) is 0 Å². The van der Waals surface area contributed by atoms with Gasteiger partial charge in [0.05, 0.1) is 25.6 Å². The van der Waals surface area contributed by atoms with Gasteiger partial charge in [-0.05, 0) is 42.9 Å². The summed E-state index contributed by atoms with van der Waals surface area (Å²) in [6, 6.07) is 7.29. The Bertz CT molecular complexity index is 829. The summed E-state index contributed by atoms with van der Waals surface area (Å²) in [6.07, 6.45) is 1.41. The molecule has 1 aliphatic rings. The van der Waals surface area contributed by atoms with Crippen LogP contribution in [0.5, 0.6) is 0 Å². The molecule has 1 N–H and O–H groups in total. The minimum absolute atomic E-state index is 0.00902. The van der Waals surface area contributed by atoms with Gasteiger partial charge in [0.15, 0.2) is 0 Å². The quantitative estimate of drug-likeness (QED) is 0.648. The number of nitrogens with one attached hydrogen (secondary N) is 1. The topological polar surface area (TPSA) is 96.0 Å². The van der Waals surface area contributed by atoms with Crippen LogP contribution in [0.3, 0.4) is 0 Å². The van der Waals surface area contributed by atoms with E-state index < -0.39 is 0 Å². The van der Waals surface area contributed by atoms with E-state index in [2.05, 4.69) is 26.1 Å². The first-order chi connectivity index (χ1) is 15.0. The fourth-order valence-electron chi connectivity index (χ4n) is 3.56. The maximum atomic E-state index is 12.6. The van der Waals surface area contributed by atoms with Crippen molar-refractivity contribution in [3.05, 3.63) is 35.4 Å². The lowest BCUT2D eigenvalue weighted by atomic mass is 9.87. The van der Waals surface area contributed by atoms with Crippen LogP contribution in [0.4, 0.5) is 0 Å². The van der Waals surface area contributed by atoms with E-state index in [-0.39, 0.29) is 48.1 Å². The zero-order valence-electron chi connectivity index (χ0n) is 19.8. The molecule has 1 unspecified atom stereocenters. The van der Waals surface area contributed by atoms with E-state index in [1.807, 2.05) is 12.1 Å². The van der Waals surface area contributed by atoms with Gasteiger partial charge in [0.25, 0.3) is 5.91 Å². The molecule has 1 fully saturated rings. The smallest absolute Gasteiger partial charge is 0.310 e. The van der Waals surface area contributed by atoms with Gasteiger partial charge in [0, 0.05) is 25.7 Å². The molecule has 1 aliphatic heterocycles. The summed E-state index contributed by atoms with van der Waals surface area (Å²) in [5.41, 5.74) is 1.58. The first-order valence-corrected chi connectivity index (χ1v) is 11.1. The molecular weight excluding hydrogens is 410 g/mol. The van der Waals surface area contributed by atoms with Crippen LogP contribution in [0.25, 0.3) is 0 Å². The summed E-state index contributed by atoms with van der Waals surface area (Å²) in [6.45, 7) is 8.91. The highest BCUT2D eigenvalue weighted by Gasteiger charge is 2.30. The monoisotopic (exact) mass is 445 g/mol. The van der Waals surface area contributed by atoms with Gasteiger partial charge in [0.2, 0.25) is 11.8 Å². The number of benzene rings is 1. The number of likely N-dealkylation sites (N-methyl/N-ethyl adjacent to an activating group) is 1. The van der Waals surface area contributed by atoms with Crippen molar-refractivity contribution in [2.75, 3.05) is 39.8 Å². The molecule has 0 saturated carbocycles. The summed E-state index contributed by atoms with van der Waals surface area (Å²) < 4.78 is 5.06. The molecule has 1 heterocycles. The number of nitrogens with zero attached hydrogens (tertiary/aromatic N) is 2. The molecule has 176 valence electrons. The van der Waals surface area contributed by atoms with Crippen molar-refractivity contribution in [2.24, 2.45) is 5.92 Å². The fourth-order valence-corrected chi connectivity index (χ4v) is 3.56. The van der Waals surface area contributed by atoms with Crippen LogP contribution < -0.4 is 5.32 Å². The van der Waals surface area contributed by atoms with Crippen molar-refractivity contribution in [2.45, 2.75) is 46.0 Å². The Morgan fingerprint density at radius 1 is 1.16 bits per heavy atom. The molecule has 0 aliphatic carbocycles. The zero-order chi connectivity index (χ0) is 23.9. The molecule has 1 atom stereocenters. The molecule has 0 aromatic heterocycles. The molecule has 8 heteroatoms. The van der Waals surface area contributed by atoms with E-state index in [4.69, 9.17) is 4.74 Å². The van der Waals surface area contributed by atoms with Gasteiger partial charge in [0.1, 0.15) is 0 Å². The lowest BCUT2D eigenvalue weighted by Crippen LogP contribution is -2.48. The van der Waals surface area contributed by atoms with Crippen LogP contribution in [0.15, 0.2) is 24.3 Å². The van der Waals surface area contributed by atoms with E-state index in [0.717, 1.165) is 12.0 Å². The first-order valence-electron chi connectivity index (χ1n) is 11.1. The van der Waals surface area contributed by atoms with Crippen LogP contribution in [0, 0.1) is 5.92 Å². The van der Waals surface area contributed by atoms with Crippen molar-refractivity contribution >= 4 is 23.7 Å². The number of esters is 1. The Balaban J connectivity index is 1.82. The largest absolute Gasteiger partial charge is 0.466 e. The third-order valence-electron chi connectivity index (χ3n) is 5.61. The average Bonchev–Trinajstić information content (AvgIpc) is 2.76. The number of ether oxygens (including phenoxy) is 1. The van der Waals surface area contributed by atoms with Crippen LogP contribution in [-0.4, -0.2) is 73.3 Å². The third-order valence-corrected chi connectivity index (χ3v) is 5.61. The molecule has 1 aromatic rings. The molecule has 0 spiro atoms. The minimum atomic E-state index is -0.364. The highest BCUT2D eigenvalue weighted by atomic mass is 16.5. The summed E-state index contributed by atoms with van der Waals surface area (Å²) >= 11 is 0. The van der Waals surface area contributed by atoms with Gasteiger partial charge >= 0.3 is 5.97 Å². The van der Waals surface area contributed by atoms with Crippen molar-refractivity contribution in [3.63, 3.8) is 0 Å². The van der Waals surface area contributed by atoms with Crippen LogP contribution in [0.1, 0.15) is 56.5 Å². The predicted octanol–water partition coefficient (Wildman–Crippen LogP) is 1.97. The van der Waals surface area contributed by atoms with Crippen molar-refractivity contribution in [1.82, 2.24) is 15.1 Å². The van der Waals surface area contributed by atoms with Gasteiger partial charge in [-0.3, -0.25) is 19.2 Å². The number of hydrogen-bond donors (Lipinski definition) is 1. The lowest BCUT2D eigenvalue weighted by Gasteiger charge is -2.32. The van der Waals surface area contributed by atoms with E-state index in [1.165, 1.54) is 11.9 Å². The number of rotatable bonds is 7. The summed E-state index contributed by atoms with van der Waals surface area (Å²) in [7, 11) is 1.53. The van der Waals surface area contributed by atoms with Crippen molar-refractivity contribution in [1.29, 1.82) is 0 Å². The molecule has 0 bridgehead atoms. The second-order valence-electron chi connectivity index (χ2n) is 9.19. The van der Waals surface area contributed by atoms with E-state index in [9.17, 15) is 19.2 Å². The highest BCUT2D eigenvalue weighted by molar-refractivity contribution is 5.96. The molecule has 2 rings (SSSR count). The van der Waals surface area contributed by atoms with Gasteiger partial charge in [-0.25, -0.2) is 0 Å². The predicted molar refractivity (Wildman–Crippen MR) is 121 cm³/mol. The Morgan fingerprint density at radius 2 is 1.81 bits per heavy atom. The number of carbonyl (C=O) groups excluding carboxylic acids is 4. The van der Waals surface area contributed by atoms with E-state index in [1.54, 1.807) is 24.0 Å². The van der Waals surface area contributed by atoms with Gasteiger partial charge in [-0.1, -0.05) is 32.9 Å². The van der Waals surface area contributed by atoms with Crippen molar-refractivity contribution < 1.29 is 23.9 Å². The van der Waals surface area contributed by atoms with Crippen LogP contribution in [-0.2, 0) is 24.5 Å². The number of piperidine rings is 1. The van der Waals surface area contributed by atoms with Gasteiger partial charge in [-0.15, -0.1) is 0 Å². The van der Waals surface area contributed by atoms with E-state index >= 15 is 0 Å². The number of hydrogen-bond acceptors (Lipinski definition) is 5. The number of carbonyl (C=O) groups is 4. The lowest BCUT2D eigenvalue weighted by molar-refractivity contribution is -0.152. The molecule has 1 saturated heterocycles. The molecule has 8 nitrogen and oxygen atoms in total. The molecule has 0 radical (unpaired) electrons. The maximum Gasteiger partial charge on any atom is 0.310 e. The Hall–Kier alpha value is -2.90. The highest BCUT2D eigenvalue weighted by Crippen LogP contribution is 2.22. The van der Waals surface area contributed by atoms with E-state index in [0.29, 0.717) is 31.7 Å². The molecule has 1 aromatic carbocycles. The minimum Gasteiger partial charge on any atom is -0.466 e. The summed E-state index contributed by atoms with van der Waals surface area (Å²) in [4.78, 5) is 52.2. The second kappa shape index (κ2) is 11.1. The zero-order valence-corrected chi connectivity index (χ0v) is 19.8. The maximum absolute atomic E-state index is 12.6. The normalized spacial score (nSPS) is 16.3. The molecule has 3 amide bonds. The first kappa shape index (κ1) is 25.4. The Morgan fingerprint density at radius 3 is 2.41 bits per heavy atom. The third kappa shape index (κ3) is 7.07. The van der Waals surface area contributed by atoms with Crippen LogP contribution >= 0.6 is 0 Å². The summed E-state index contributed by atoms with van der Waals surface area (Å²) in [5, 5.41) is 2.61. The Labute approximate surface area is 190 Å². The summed E-state index contributed by atoms with van der Waals surface area (Å²) in [5.74, 6) is -1.53. The van der Waals surface area contributed by atoms with Gasteiger partial charge < -0.3 is 19.9 Å². The Kier molecular flexibility index (Phi) is 8.80. The molecular formula is C24H35N3O5. The SMILES string of the molecule is CCOC(=O)C1CCCN(C(=O)CN(C)C(=O)CNC(=O)c2ccc(C(C)(C)C)cc2)C1. The average molecular weight is 446 g/mol. The second-order valence-corrected chi connectivity index (χ2v) is 9.19. The fraction of sp³-hybridized carbons (Fsp3) is 0.583. The van der Waals surface area contributed by atoms with Gasteiger partial charge in [-0.2, -0.15) is 0 Å². The van der Waals surface area contributed by atoms with Crippen molar-refractivity contribution in [3.8, 4) is 0 Å². The standard InChI is InChI=1S/C24H35N3O5/c1-6-32-23(31)18-8-7-13-27(15-18)21(29)16-26(5)20(28)14-25-22(30)17-9-11-19(12-10-17)24(2,3)4/h9-12,18H,6-8,13-16H2,1-5H3,(H,25,30).